The molecule has 0 N–H and O–H groups in total. The smallest absolute Gasteiger partial charge is 0.320 e. The van der Waals surface area contributed by atoms with E-state index in [0.29, 0.717) is 9.75 Å². The quantitative estimate of drug-likeness (QED) is 0.641. The molecule has 0 bridgehead atoms. The molecule has 1 aliphatic carbocycles. The Morgan fingerprint density at radius 3 is 2.55 bits per heavy atom. The number of rotatable bonds is 4. The van der Waals surface area contributed by atoms with Crippen LogP contribution < -0.4 is 4.73 Å². The first-order chi connectivity index (χ1) is 10.6. The fourth-order valence-corrected chi connectivity index (χ4v) is 2.76. The lowest BCUT2D eigenvalue weighted by atomic mass is 10.1. The van der Waals surface area contributed by atoms with Gasteiger partial charge in [-0.2, -0.15) is 4.73 Å². The molecule has 3 rings (SSSR count). The monoisotopic (exact) mass is 316 g/mol. The van der Waals surface area contributed by atoms with E-state index in [9.17, 15) is 10.0 Å². The molecule has 22 heavy (non-hydrogen) atoms. The van der Waals surface area contributed by atoms with Crippen LogP contribution in [0, 0.1) is 5.21 Å². The molecule has 2 aromatic rings. The van der Waals surface area contributed by atoms with Crippen LogP contribution in [-0.4, -0.2) is 16.8 Å². The van der Waals surface area contributed by atoms with E-state index in [1.54, 1.807) is 18.2 Å². The van der Waals surface area contributed by atoms with Gasteiger partial charge in [0.25, 0.3) is 5.69 Å². The third-order valence-electron chi connectivity index (χ3n) is 3.99. The number of benzene rings is 1. The molecule has 1 aliphatic rings. The molecule has 1 heterocycles. The summed E-state index contributed by atoms with van der Waals surface area (Å²) in [5, 5.41) is 12.5. The summed E-state index contributed by atoms with van der Waals surface area (Å²) >= 11 is 5.92. The Kier molecular flexibility index (Phi) is 4.03. The molecular weight excluding hydrogens is 300 g/mol. The number of hydrogen-bond acceptors (Lipinski definition) is 2. The minimum atomic E-state index is -0.222. The van der Waals surface area contributed by atoms with Gasteiger partial charge in [-0.1, -0.05) is 23.7 Å². The second-order valence-corrected chi connectivity index (χ2v) is 6.02. The topological polar surface area (TPSA) is 47.2 Å². The highest BCUT2D eigenvalue weighted by molar-refractivity contribution is 6.30. The molecule has 0 aliphatic heterocycles. The highest BCUT2D eigenvalue weighted by Crippen LogP contribution is 2.35. The molecule has 1 aromatic carbocycles. The Hall–Kier alpha value is -2.07. The summed E-state index contributed by atoms with van der Waals surface area (Å²) in [6, 6.07) is 12.5. The van der Waals surface area contributed by atoms with Crippen LogP contribution in [0.4, 0.5) is 0 Å². The van der Waals surface area contributed by atoms with Gasteiger partial charge in [-0.3, -0.25) is 4.79 Å². The predicted octanol–water partition coefficient (Wildman–Crippen LogP) is 3.34. The third-order valence-corrected chi connectivity index (χ3v) is 4.24. The molecule has 1 fully saturated rings. The standard InChI is InChI=1S/C17H17ClN2O2/c1-12(13-5-7-14(18)8-6-13)20(15-9-10-15)17(21)16-4-2-3-11-19(16)22/h2-8,11-12,15H,9-10H2,1H3. The van der Waals surface area contributed by atoms with Crippen LogP contribution in [0.25, 0.3) is 0 Å². The molecule has 0 radical (unpaired) electrons. The molecule has 1 aromatic heterocycles. The minimum absolute atomic E-state index is 0.0996. The fourth-order valence-electron chi connectivity index (χ4n) is 2.64. The zero-order valence-electron chi connectivity index (χ0n) is 12.3. The summed E-state index contributed by atoms with van der Waals surface area (Å²) in [5.41, 5.74) is 1.17. The Bertz CT molecular complexity index is 683. The first-order valence-corrected chi connectivity index (χ1v) is 7.72. The number of carbonyl (C=O) groups is 1. The minimum Gasteiger partial charge on any atom is -0.618 e. The van der Waals surface area contributed by atoms with E-state index in [1.807, 2.05) is 36.1 Å². The van der Waals surface area contributed by atoms with Crippen molar-refractivity contribution in [3.63, 3.8) is 0 Å². The molecule has 1 unspecified atom stereocenters. The summed E-state index contributed by atoms with van der Waals surface area (Å²) in [7, 11) is 0. The van der Waals surface area contributed by atoms with Crippen molar-refractivity contribution in [1.82, 2.24) is 4.90 Å². The van der Waals surface area contributed by atoms with Gasteiger partial charge in [0, 0.05) is 23.2 Å². The van der Waals surface area contributed by atoms with Gasteiger partial charge in [0.2, 0.25) is 0 Å². The molecule has 114 valence electrons. The number of aromatic nitrogens is 1. The van der Waals surface area contributed by atoms with Crippen molar-refractivity contribution in [2.75, 3.05) is 0 Å². The van der Waals surface area contributed by atoms with Crippen molar-refractivity contribution in [1.29, 1.82) is 0 Å². The summed E-state index contributed by atoms with van der Waals surface area (Å²) in [4.78, 5) is 14.6. The highest BCUT2D eigenvalue weighted by Gasteiger charge is 2.39. The third kappa shape index (κ3) is 2.92. The molecule has 1 atom stereocenters. The van der Waals surface area contributed by atoms with Gasteiger partial charge in [0.05, 0.1) is 6.04 Å². The van der Waals surface area contributed by atoms with Crippen molar-refractivity contribution >= 4 is 17.5 Å². The first kappa shape index (κ1) is 14.9. The molecule has 1 amide bonds. The van der Waals surface area contributed by atoms with Crippen LogP contribution in [0.3, 0.4) is 0 Å². The van der Waals surface area contributed by atoms with Crippen molar-refractivity contribution in [3.05, 3.63) is 70.1 Å². The molecule has 0 saturated heterocycles. The summed E-state index contributed by atoms with van der Waals surface area (Å²) in [6.07, 6.45) is 3.32. The number of pyridine rings is 1. The van der Waals surface area contributed by atoms with Gasteiger partial charge in [0.15, 0.2) is 6.20 Å². The molecule has 1 saturated carbocycles. The van der Waals surface area contributed by atoms with E-state index in [4.69, 9.17) is 11.6 Å². The van der Waals surface area contributed by atoms with Crippen molar-refractivity contribution in [2.24, 2.45) is 0 Å². The van der Waals surface area contributed by atoms with E-state index in [2.05, 4.69) is 0 Å². The van der Waals surface area contributed by atoms with E-state index < -0.39 is 0 Å². The number of carbonyl (C=O) groups excluding carboxylic acids is 1. The SMILES string of the molecule is CC(c1ccc(Cl)cc1)N(C(=O)c1cccc[n+]1[O-])C1CC1. The Balaban J connectivity index is 1.91. The molecular formula is C17H17ClN2O2. The highest BCUT2D eigenvalue weighted by atomic mass is 35.5. The van der Waals surface area contributed by atoms with E-state index in [1.165, 1.54) is 6.20 Å². The van der Waals surface area contributed by atoms with Crippen LogP contribution in [-0.2, 0) is 0 Å². The van der Waals surface area contributed by atoms with Gasteiger partial charge in [-0.15, -0.1) is 0 Å². The maximum Gasteiger partial charge on any atom is 0.320 e. The number of halogens is 1. The van der Waals surface area contributed by atoms with Gasteiger partial charge in [-0.25, -0.2) is 0 Å². The largest absolute Gasteiger partial charge is 0.618 e. The van der Waals surface area contributed by atoms with Crippen LogP contribution in [0.2, 0.25) is 5.02 Å². The van der Waals surface area contributed by atoms with E-state index in [-0.39, 0.29) is 23.7 Å². The number of hydrogen-bond donors (Lipinski definition) is 0. The maximum atomic E-state index is 12.8. The predicted molar refractivity (Wildman–Crippen MR) is 84.5 cm³/mol. The fraction of sp³-hybridized carbons (Fsp3) is 0.294. The lowest BCUT2D eigenvalue weighted by Crippen LogP contribution is -2.43. The van der Waals surface area contributed by atoms with Gasteiger partial charge >= 0.3 is 5.91 Å². The zero-order chi connectivity index (χ0) is 15.7. The van der Waals surface area contributed by atoms with Gasteiger partial charge in [-0.05, 0) is 43.5 Å². The molecule has 4 nitrogen and oxygen atoms in total. The van der Waals surface area contributed by atoms with Crippen molar-refractivity contribution < 1.29 is 9.52 Å². The maximum absolute atomic E-state index is 12.8. The normalized spacial score (nSPS) is 15.4. The van der Waals surface area contributed by atoms with Crippen LogP contribution in [0.5, 0.6) is 0 Å². The number of nitrogens with zero attached hydrogens (tertiary/aromatic N) is 2. The Morgan fingerprint density at radius 2 is 1.95 bits per heavy atom. The second-order valence-electron chi connectivity index (χ2n) is 5.58. The number of amides is 1. The van der Waals surface area contributed by atoms with Crippen LogP contribution >= 0.6 is 11.6 Å². The zero-order valence-corrected chi connectivity index (χ0v) is 13.0. The van der Waals surface area contributed by atoms with Crippen molar-refractivity contribution in [2.45, 2.75) is 31.8 Å². The lowest BCUT2D eigenvalue weighted by Gasteiger charge is -2.29. The summed E-state index contributed by atoms with van der Waals surface area (Å²) in [5.74, 6) is -0.222. The Labute approximate surface area is 134 Å². The molecule has 5 heteroatoms. The first-order valence-electron chi connectivity index (χ1n) is 7.34. The Morgan fingerprint density at radius 1 is 1.27 bits per heavy atom. The average Bonchev–Trinajstić information content (AvgIpc) is 3.33. The van der Waals surface area contributed by atoms with E-state index in [0.717, 1.165) is 18.4 Å². The van der Waals surface area contributed by atoms with Crippen LogP contribution in [0.1, 0.15) is 41.9 Å². The summed E-state index contributed by atoms with van der Waals surface area (Å²) in [6.45, 7) is 1.98. The van der Waals surface area contributed by atoms with Gasteiger partial charge in [0.1, 0.15) is 0 Å². The van der Waals surface area contributed by atoms with Crippen molar-refractivity contribution in [3.8, 4) is 0 Å². The molecule has 0 spiro atoms. The second kappa shape index (κ2) is 5.97. The van der Waals surface area contributed by atoms with Gasteiger partial charge < -0.3 is 10.1 Å². The average molecular weight is 317 g/mol. The van der Waals surface area contributed by atoms with Crippen LogP contribution in [0.15, 0.2) is 48.7 Å². The van der Waals surface area contributed by atoms with E-state index >= 15 is 0 Å². The lowest BCUT2D eigenvalue weighted by molar-refractivity contribution is -0.608. The summed E-state index contributed by atoms with van der Waals surface area (Å²) < 4.78 is 0.631.